The summed E-state index contributed by atoms with van der Waals surface area (Å²) in [7, 11) is 1.63. The first-order valence-corrected chi connectivity index (χ1v) is 10.1. The topological polar surface area (TPSA) is 46.6 Å². The molecule has 1 heterocycles. The average Bonchev–Trinajstić information content (AvgIpc) is 2.67. The van der Waals surface area contributed by atoms with Gasteiger partial charge < -0.3 is 4.74 Å². The molecule has 1 unspecified atom stereocenters. The zero-order chi connectivity index (χ0) is 20.8. The van der Waals surface area contributed by atoms with Gasteiger partial charge in [-0.15, -0.1) is 0 Å². The number of anilines is 1. The molecule has 4 heteroatoms. The van der Waals surface area contributed by atoms with E-state index in [-0.39, 0.29) is 23.0 Å². The first-order chi connectivity index (χ1) is 13.8. The molecule has 29 heavy (non-hydrogen) atoms. The Kier molecular flexibility index (Phi) is 4.81. The van der Waals surface area contributed by atoms with E-state index in [9.17, 15) is 9.59 Å². The number of aryl methyl sites for hydroxylation is 1. The van der Waals surface area contributed by atoms with Crippen LogP contribution in [0.4, 0.5) is 5.69 Å². The van der Waals surface area contributed by atoms with Crippen LogP contribution in [-0.4, -0.2) is 18.8 Å². The summed E-state index contributed by atoms with van der Waals surface area (Å²) in [6, 6.07) is 15.6. The molecule has 0 aromatic heterocycles. The number of carbonyl (C=O) groups is 2. The van der Waals surface area contributed by atoms with E-state index in [1.54, 1.807) is 7.11 Å². The van der Waals surface area contributed by atoms with Crippen LogP contribution >= 0.6 is 0 Å². The molecule has 2 aliphatic rings. The van der Waals surface area contributed by atoms with E-state index >= 15 is 0 Å². The minimum absolute atomic E-state index is 0.0457. The van der Waals surface area contributed by atoms with E-state index in [2.05, 4.69) is 13.8 Å². The minimum atomic E-state index is -0.202. The van der Waals surface area contributed by atoms with Gasteiger partial charge in [0.15, 0.2) is 5.78 Å². The molecule has 0 bridgehead atoms. The van der Waals surface area contributed by atoms with Crippen molar-refractivity contribution in [3.05, 3.63) is 70.9 Å². The van der Waals surface area contributed by atoms with Gasteiger partial charge in [-0.2, -0.15) is 0 Å². The van der Waals surface area contributed by atoms with E-state index in [1.807, 2.05) is 60.4 Å². The number of para-hydroxylation sites is 1. The van der Waals surface area contributed by atoms with Crippen LogP contribution in [0.2, 0.25) is 0 Å². The fourth-order valence-corrected chi connectivity index (χ4v) is 4.63. The highest BCUT2D eigenvalue weighted by Gasteiger charge is 2.44. The van der Waals surface area contributed by atoms with Crippen molar-refractivity contribution in [1.82, 2.24) is 0 Å². The fraction of sp³-hybridized carbons (Fsp3) is 0.360. The Bertz CT molecular complexity index is 1000. The maximum Gasteiger partial charge on any atom is 0.232 e. The van der Waals surface area contributed by atoms with Crippen LogP contribution < -0.4 is 9.64 Å². The van der Waals surface area contributed by atoms with Crippen molar-refractivity contribution in [3.63, 3.8) is 0 Å². The van der Waals surface area contributed by atoms with Gasteiger partial charge >= 0.3 is 0 Å². The number of hydrogen-bond acceptors (Lipinski definition) is 3. The van der Waals surface area contributed by atoms with Crippen LogP contribution in [0.3, 0.4) is 0 Å². The lowest BCUT2D eigenvalue weighted by Gasteiger charge is -2.43. The molecule has 2 aromatic carbocycles. The smallest absolute Gasteiger partial charge is 0.232 e. The molecule has 0 fully saturated rings. The van der Waals surface area contributed by atoms with E-state index in [1.165, 1.54) is 0 Å². The molecule has 4 nitrogen and oxygen atoms in total. The monoisotopic (exact) mass is 389 g/mol. The van der Waals surface area contributed by atoms with Gasteiger partial charge in [-0.05, 0) is 48.1 Å². The second-order valence-electron chi connectivity index (χ2n) is 8.85. The number of benzene rings is 2. The predicted molar refractivity (Wildman–Crippen MR) is 114 cm³/mol. The Morgan fingerprint density at radius 3 is 2.34 bits per heavy atom. The van der Waals surface area contributed by atoms with Crippen LogP contribution in [0, 0.1) is 12.3 Å². The highest BCUT2D eigenvalue weighted by atomic mass is 16.5. The van der Waals surface area contributed by atoms with Crippen molar-refractivity contribution in [2.45, 2.75) is 46.0 Å². The predicted octanol–water partition coefficient (Wildman–Crippen LogP) is 5.17. The molecule has 4 rings (SSSR count). The molecule has 0 radical (unpaired) electrons. The maximum absolute atomic E-state index is 13.4. The van der Waals surface area contributed by atoms with Crippen molar-refractivity contribution in [1.29, 1.82) is 0 Å². The van der Waals surface area contributed by atoms with Crippen LogP contribution in [0.15, 0.2) is 59.8 Å². The standard InChI is InChI=1S/C25H27NO3/c1-16-7-5-6-8-20(16)26-21-14-25(2,3)15-22(27)24(21)19(13-23(26)28)17-9-11-18(29-4)12-10-17/h5-12,19H,13-15H2,1-4H3. The molecule has 0 saturated heterocycles. The summed E-state index contributed by atoms with van der Waals surface area (Å²) in [6.45, 7) is 6.21. The maximum atomic E-state index is 13.4. The lowest BCUT2D eigenvalue weighted by atomic mass is 9.69. The summed E-state index contributed by atoms with van der Waals surface area (Å²) in [4.78, 5) is 28.5. The quantitative estimate of drug-likeness (QED) is 0.728. The van der Waals surface area contributed by atoms with Crippen molar-refractivity contribution < 1.29 is 14.3 Å². The molecule has 0 spiro atoms. The fourth-order valence-electron chi connectivity index (χ4n) is 4.63. The third-order valence-corrected chi connectivity index (χ3v) is 6.02. The number of methoxy groups -OCH3 is 1. The first-order valence-electron chi connectivity index (χ1n) is 10.1. The van der Waals surface area contributed by atoms with Gasteiger partial charge in [-0.25, -0.2) is 0 Å². The molecule has 1 aliphatic heterocycles. The molecule has 0 saturated carbocycles. The lowest BCUT2D eigenvalue weighted by molar-refractivity contribution is -0.121. The van der Waals surface area contributed by atoms with Crippen molar-refractivity contribution in [3.8, 4) is 5.75 Å². The summed E-state index contributed by atoms with van der Waals surface area (Å²) >= 11 is 0. The van der Waals surface area contributed by atoms with E-state index in [0.717, 1.165) is 33.8 Å². The molecule has 1 amide bonds. The van der Waals surface area contributed by atoms with Gasteiger partial charge in [-0.1, -0.05) is 44.2 Å². The Hall–Kier alpha value is -2.88. The van der Waals surface area contributed by atoms with Crippen molar-refractivity contribution in [2.24, 2.45) is 5.41 Å². The number of Topliss-reactive ketones (excluding diaryl/α,β-unsaturated/α-hetero) is 1. The SMILES string of the molecule is COc1ccc(C2CC(=O)N(c3ccccc3C)C3=C2C(=O)CC(C)(C)C3)cc1. The Labute approximate surface area is 172 Å². The van der Waals surface area contributed by atoms with Gasteiger partial charge in [0.25, 0.3) is 0 Å². The second-order valence-corrected chi connectivity index (χ2v) is 8.85. The molecule has 1 aliphatic carbocycles. The Morgan fingerprint density at radius 2 is 1.69 bits per heavy atom. The van der Waals surface area contributed by atoms with Crippen LogP contribution in [-0.2, 0) is 9.59 Å². The summed E-state index contributed by atoms with van der Waals surface area (Å²) in [5.41, 5.74) is 4.41. The number of nitrogens with zero attached hydrogens (tertiary/aromatic N) is 1. The van der Waals surface area contributed by atoms with Crippen molar-refractivity contribution >= 4 is 17.4 Å². The van der Waals surface area contributed by atoms with Crippen molar-refractivity contribution in [2.75, 3.05) is 12.0 Å². The van der Waals surface area contributed by atoms with E-state index in [0.29, 0.717) is 19.3 Å². The summed E-state index contributed by atoms with van der Waals surface area (Å²) in [5, 5.41) is 0. The number of rotatable bonds is 3. The number of carbonyl (C=O) groups excluding carboxylic acids is 2. The third-order valence-electron chi connectivity index (χ3n) is 6.02. The van der Waals surface area contributed by atoms with Gasteiger partial charge in [-0.3, -0.25) is 14.5 Å². The van der Waals surface area contributed by atoms with Crippen LogP contribution in [0.5, 0.6) is 5.75 Å². The average molecular weight is 389 g/mol. The first kappa shape index (κ1) is 19.4. The van der Waals surface area contributed by atoms with Gasteiger partial charge in [0.1, 0.15) is 5.75 Å². The minimum Gasteiger partial charge on any atom is -0.497 e. The Morgan fingerprint density at radius 1 is 1.00 bits per heavy atom. The number of allylic oxidation sites excluding steroid dienone is 2. The molecular weight excluding hydrogens is 362 g/mol. The Balaban J connectivity index is 1.88. The normalized spacial score (nSPS) is 21.2. The number of ketones is 1. The van der Waals surface area contributed by atoms with E-state index in [4.69, 9.17) is 4.74 Å². The zero-order valence-electron chi connectivity index (χ0n) is 17.5. The highest BCUT2D eigenvalue weighted by Crippen LogP contribution is 2.48. The molecule has 0 N–H and O–H groups in total. The number of hydrogen-bond donors (Lipinski definition) is 0. The number of amides is 1. The van der Waals surface area contributed by atoms with E-state index < -0.39 is 0 Å². The molecule has 150 valence electrons. The molecule has 1 atom stereocenters. The van der Waals surface area contributed by atoms with Crippen LogP contribution in [0.25, 0.3) is 0 Å². The zero-order valence-corrected chi connectivity index (χ0v) is 17.5. The summed E-state index contributed by atoms with van der Waals surface area (Å²) in [6.07, 6.45) is 1.51. The van der Waals surface area contributed by atoms with Gasteiger partial charge in [0, 0.05) is 30.0 Å². The number of ether oxygens (including phenoxy) is 1. The molecule has 2 aromatic rings. The highest BCUT2D eigenvalue weighted by molar-refractivity contribution is 6.08. The largest absolute Gasteiger partial charge is 0.497 e. The molecular formula is C25H27NO3. The van der Waals surface area contributed by atoms with Gasteiger partial charge in [0.05, 0.1) is 12.8 Å². The lowest BCUT2D eigenvalue weighted by Crippen LogP contribution is -2.44. The van der Waals surface area contributed by atoms with Crippen LogP contribution in [0.1, 0.15) is 50.2 Å². The summed E-state index contributed by atoms with van der Waals surface area (Å²) < 4.78 is 5.27. The summed E-state index contributed by atoms with van der Waals surface area (Å²) in [5.74, 6) is 0.766. The second kappa shape index (κ2) is 7.18. The third kappa shape index (κ3) is 3.48. The van der Waals surface area contributed by atoms with Gasteiger partial charge in [0.2, 0.25) is 5.91 Å².